The first-order valence-electron chi connectivity index (χ1n) is 7.36. The molecule has 0 aliphatic heterocycles. The summed E-state index contributed by atoms with van der Waals surface area (Å²) in [7, 11) is 0. The van der Waals surface area contributed by atoms with Gasteiger partial charge in [-0.1, -0.05) is 47.5 Å². The second-order valence-electron chi connectivity index (χ2n) is 5.36. The Morgan fingerprint density at radius 1 is 1.13 bits per heavy atom. The number of nitrogens with zero attached hydrogens (tertiary/aromatic N) is 1. The van der Waals surface area contributed by atoms with Crippen molar-refractivity contribution in [3.63, 3.8) is 0 Å². The van der Waals surface area contributed by atoms with Gasteiger partial charge in [0.15, 0.2) is 0 Å². The molecule has 0 fully saturated rings. The number of hydrogen-bond acceptors (Lipinski definition) is 3. The predicted octanol–water partition coefficient (Wildman–Crippen LogP) is 3.91. The Kier molecular flexibility index (Phi) is 5.77. The summed E-state index contributed by atoms with van der Waals surface area (Å²) in [6, 6.07) is 13.5. The highest BCUT2D eigenvalue weighted by atomic mass is 35.5. The van der Waals surface area contributed by atoms with Crippen molar-refractivity contribution in [2.24, 2.45) is 5.10 Å². The van der Waals surface area contributed by atoms with Crippen molar-refractivity contribution in [3.8, 4) is 0 Å². The number of hydrazone groups is 1. The van der Waals surface area contributed by atoms with Gasteiger partial charge in [0.1, 0.15) is 0 Å². The first-order valence-corrected chi connectivity index (χ1v) is 7.74. The normalized spacial score (nSPS) is 11.2. The molecule has 0 atom stereocenters. The van der Waals surface area contributed by atoms with Gasteiger partial charge in [0, 0.05) is 10.7 Å². The van der Waals surface area contributed by atoms with Crippen molar-refractivity contribution in [1.82, 2.24) is 5.43 Å². The smallest absolute Gasteiger partial charge is 0.259 e. The molecule has 0 aliphatic rings. The summed E-state index contributed by atoms with van der Waals surface area (Å²) in [6.07, 6.45) is 0. The molecule has 0 saturated carbocycles. The zero-order valence-corrected chi connectivity index (χ0v) is 14.2. The molecule has 2 aromatic carbocycles. The summed E-state index contributed by atoms with van der Waals surface area (Å²) in [5, 5.41) is 7.86. The second-order valence-corrected chi connectivity index (χ2v) is 5.77. The summed E-state index contributed by atoms with van der Waals surface area (Å²) in [5.74, 6) is -0.212. The van der Waals surface area contributed by atoms with Crippen LogP contribution in [0.5, 0.6) is 0 Å². The minimum Gasteiger partial charge on any atom is -0.376 e. The van der Waals surface area contributed by atoms with Gasteiger partial charge in [-0.3, -0.25) is 4.79 Å². The number of carbonyl (C=O) groups is 1. The largest absolute Gasteiger partial charge is 0.376 e. The number of aryl methyl sites for hydroxylation is 1. The van der Waals surface area contributed by atoms with Crippen LogP contribution in [0.1, 0.15) is 23.6 Å². The zero-order chi connectivity index (χ0) is 16.8. The van der Waals surface area contributed by atoms with Crippen LogP contribution >= 0.6 is 11.6 Å². The molecule has 2 N–H and O–H groups in total. The van der Waals surface area contributed by atoms with Gasteiger partial charge in [-0.05, 0) is 44.0 Å². The molecule has 0 saturated heterocycles. The van der Waals surface area contributed by atoms with E-state index in [9.17, 15) is 4.79 Å². The Bertz CT molecular complexity index is 724. The SMILES string of the molecule is C/C(=N/NC(=O)CNc1cccc(Cl)c1C)c1ccc(C)cc1. The van der Waals surface area contributed by atoms with E-state index < -0.39 is 0 Å². The number of benzene rings is 2. The van der Waals surface area contributed by atoms with Crippen LogP contribution in [0, 0.1) is 13.8 Å². The fourth-order valence-electron chi connectivity index (χ4n) is 2.02. The second kappa shape index (κ2) is 7.79. The first kappa shape index (κ1) is 17.0. The van der Waals surface area contributed by atoms with Gasteiger partial charge < -0.3 is 5.32 Å². The molecule has 23 heavy (non-hydrogen) atoms. The Morgan fingerprint density at radius 3 is 2.52 bits per heavy atom. The lowest BCUT2D eigenvalue weighted by Gasteiger charge is -2.10. The first-order chi connectivity index (χ1) is 11.0. The van der Waals surface area contributed by atoms with Gasteiger partial charge in [0.05, 0.1) is 12.3 Å². The Labute approximate surface area is 141 Å². The molecule has 4 nitrogen and oxygen atoms in total. The van der Waals surface area contributed by atoms with E-state index in [1.807, 2.05) is 63.2 Å². The van der Waals surface area contributed by atoms with Crippen LogP contribution in [-0.4, -0.2) is 18.2 Å². The van der Waals surface area contributed by atoms with Crippen molar-refractivity contribution in [2.75, 3.05) is 11.9 Å². The van der Waals surface area contributed by atoms with Crippen LogP contribution in [-0.2, 0) is 4.79 Å². The molecule has 0 radical (unpaired) electrons. The van der Waals surface area contributed by atoms with E-state index in [-0.39, 0.29) is 12.5 Å². The van der Waals surface area contributed by atoms with E-state index in [0.29, 0.717) is 5.02 Å². The lowest BCUT2D eigenvalue weighted by molar-refractivity contribution is -0.119. The summed E-state index contributed by atoms with van der Waals surface area (Å²) < 4.78 is 0. The maximum Gasteiger partial charge on any atom is 0.259 e. The van der Waals surface area contributed by atoms with E-state index in [1.54, 1.807) is 0 Å². The fraction of sp³-hybridized carbons (Fsp3) is 0.222. The summed E-state index contributed by atoms with van der Waals surface area (Å²) >= 11 is 6.05. The van der Waals surface area contributed by atoms with E-state index in [1.165, 1.54) is 5.56 Å². The quantitative estimate of drug-likeness (QED) is 0.645. The van der Waals surface area contributed by atoms with Crippen LogP contribution in [0.3, 0.4) is 0 Å². The van der Waals surface area contributed by atoms with E-state index in [4.69, 9.17) is 11.6 Å². The number of halogens is 1. The maximum atomic E-state index is 11.9. The summed E-state index contributed by atoms with van der Waals surface area (Å²) in [4.78, 5) is 11.9. The van der Waals surface area contributed by atoms with E-state index in [0.717, 1.165) is 22.5 Å². The van der Waals surface area contributed by atoms with Gasteiger partial charge in [0.2, 0.25) is 0 Å². The van der Waals surface area contributed by atoms with Crippen molar-refractivity contribution >= 4 is 28.9 Å². The third-order valence-electron chi connectivity index (χ3n) is 3.52. The number of hydrogen-bond donors (Lipinski definition) is 2. The minimum atomic E-state index is -0.212. The molecule has 0 bridgehead atoms. The van der Waals surface area contributed by atoms with E-state index in [2.05, 4.69) is 15.8 Å². The Hall–Kier alpha value is -2.33. The highest BCUT2D eigenvalue weighted by molar-refractivity contribution is 6.31. The zero-order valence-electron chi connectivity index (χ0n) is 13.5. The molecule has 0 spiro atoms. The van der Waals surface area contributed by atoms with Crippen LogP contribution in [0.4, 0.5) is 5.69 Å². The Morgan fingerprint density at radius 2 is 1.83 bits per heavy atom. The topological polar surface area (TPSA) is 53.5 Å². The van der Waals surface area contributed by atoms with Gasteiger partial charge in [-0.2, -0.15) is 5.10 Å². The van der Waals surface area contributed by atoms with Gasteiger partial charge >= 0.3 is 0 Å². The van der Waals surface area contributed by atoms with Gasteiger partial charge in [-0.25, -0.2) is 5.43 Å². The number of nitrogens with one attached hydrogen (secondary N) is 2. The third kappa shape index (κ3) is 4.83. The van der Waals surface area contributed by atoms with Gasteiger partial charge in [-0.15, -0.1) is 0 Å². The molecular formula is C18H20ClN3O. The Balaban J connectivity index is 1.91. The van der Waals surface area contributed by atoms with Crippen LogP contribution in [0.15, 0.2) is 47.6 Å². The molecule has 5 heteroatoms. The van der Waals surface area contributed by atoms with E-state index >= 15 is 0 Å². The number of rotatable bonds is 5. The molecule has 0 aromatic heterocycles. The van der Waals surface area contributed by atoms with Crippen molar-refractivity contribution in [1.29, 1.82) is 0 Å². The standard InChI is InChI=1S/C18H20ClN3O/c1-12-7-9-15(10-8-12)14(3)21-22-18(23)11-20-17-6-4-5-16(19)13(17)2/h4-10,20H,11H2,1-3H3,(H,22,23)/b21-14-. The van der Waals surface area contributed by atoms with Crippen LogP contribution < -0.4 is 10.7 Å². The molecule has 2 aromatic rings. The fourth-order valence-corrected chi connectivity index (χ4v) is 2.19. The molecule has 120 valence electrons. The average Bonchev–Trinajstić information content (AvgIpc) is 2.54. The van der Waals surface area contributed by atoms with Crippen LogP contribution in [0.2, 0.25) is 5.02 Å². The van der Waals surface area contributed by atoms with Gasteiger partial charge in [0.25, 0.3) is 5.91 Å². The summed E-state index contributed by atoms with van der Waals surface area (Å²) in [5.41, 5.74) is 7.24. The lowest BCUT2D eigenvalue weighted by atomic mass is 10.1. The highest BCUT2D eigenvalue weighted by Gasteiger charge is 2.05. The van der Waals surface area contributed by atoms with Crippen LogP contribution in [0.25, 0.3) is 0 Å². The highest BCUT2D eigenvalue weighted by Crippen LogP contribution is 2.22. The molecule has 0 aliphatic carbocycles. The average molecular weight is 330 g/mol. The number of amides is 1. The maximum absolute atomic E-state index is 11.9. The predicted molar refractivity (Wildman–Crippen MR) is 96.2 cm³/mol. The number of anilines is 1. The monoisotopic (exact) mass is 329 g/mol. The minimum absolute atomic E-state index is 0.131. The van der Waals surface area contributed by atoms with Crippen molar-refractivity contribution in [2.45, 2.75) is 20.8 Å². The third-order valence-corrected chi connectivity index (χ3v) is 3.93. The molecular weight excluding hydrogens is 310 g/mol. The molecule has 2 rings (SSSR count). The molecule has 1 amide bonds. The molecule has 0 heterocycles. The summed E-state index contributed by atoms with van der Waals surface area (Å²) in [6.45, 7) is 5.93. The van der Waals surface area contributed by atoms with Crippen molar-refractivity contribution < 1.29 is 4.79 Å². The molecule has 0 unspecified atom stereocenters. The number of carbonyl (C=O) groups excluding carboxylic acids is 1. The lowest BCUT2D eigenvalue weighted by Crippen LogP contribution is -2.27. The van der Waals surface area contributed by atoms with Crippen molar-refractivity contribution in [3.05, 3.63) is 64.2 Å².